The van der Waals surface area contributed by atoms with Gasteiger partial charge in [-0.2, -0.15) is 13.2 Å². The molecule has 0 aliphatic carbocycles. The lowest BCUT2D eigenvalue weighted by Gasteiger charge is -2.14. The Morgan fingerprint density at radius 3 is 2.48 bits per heavy atom. The molecule has 160 valence electrons. The molecular formula is C23H20F3N3OS. The van der Waals surface area contributed by atoms with Gasteiger partial charge >= 0.3 is 12.2 Å². The number of urea groups is 1. The molecule has 0 saturated carbocycles. The molecule has 4 nitrogen and oxygen atoms in total. The van der Waals surface area contributed by atoms with E-state index in [1.165, 1.54) is 18.2 Å². The molecule has 0 unspecified atom stereocenters. The number of alkyl halides is 3. The second kappa shape index (κ2) is 8.47. The number of amides is 2. The summed E-state index contributed by atoms with van der Waals surface area (Å²) in [5.41, 5.74) is 1.83. The molecular weight excluding hydrogens is 423 g/mol. The van der Waals surface area contributed by atoms with Gasteiger partial charge < -0.3 is 15.2 Å². The molecule has 2 aromatic heterocycles. The van der Waals surface area contributed by atoms with Gasteiger partial charge in [0.05, 0.1) is 21.8 Å². The van der Waals surface area contributed by atoms with Gasteiger partial charge in [0.15, 0.2) is 0 Å². The Kier molecular flexibility index (Phi) is 5.73. The van der Waals surface area contributed by atoms with Crippen LogP contribution in [-0.4, -0.2) is 10.6 Å². The first-order valence-electron chi connectivity index (χ1n) is 9.75. The highest BCUT2D eigenvalue weighted by Gasteiger charge is 2.33. The Hall–Kier alpha value is -3.26. The number of carbonyl (C=O) groups excluding carboxylic acids is 1. The molecule has 2 heterocycles. The maximum absolute atomic E-state index is 13.2. The van der Waals surface area contributed by atoms with Crippen LogP contribution in [-0.2, 0) is 19.3 Å². The third-order valence-electron chi connectivity index (χ3n) is 5.05. The zero-order valence-electron chi connectivity index (χ0n) is 16.7. The Morgan fingerprint density at radius 2 is 1.77 bits per heavy atom. The predicted octanol–water partition coefficient (Wildman–Crippen LogP) is 6.73. The van der Waals surface area contributed by atoms with Crippen LogP contribution in [0.4, 0.5) is 23.7 Å². The van der Waals surface area contributed by atoms with Crippen LogP contribution in [0.3, 0.4) is 0 Å². The van der Waals surface area contributed by atoms with Crippen molar-refractivity contribution in [2.24, 2.45) is 0 Å². The largest absolute Gasteiger partial charge is 0.418 e. The van der Waals surface area contributed by atoms with Crippen LogP contribution >= 0.6 is 11.3 Å². The predicted molar refractivity (Wildman–Crippen MR) is 118 cm³/mol. The topological polar surface area (TPSA) is 46.1 Å². The second-order valence-corrected chi connectivity index (χ2v) is 7.86. The summed E-state index contributed by atoms with van der Waals surface area (Å²) in [4.78, 5) is 13.5. The first-order chi connectivity index (χ1) is 14.9. The van der Waals surface area contributed by atoms with Crippen LogP contribution in [0.2, 0.25) is 0 Å². The number of anilines is 1. The number of nitrogens with one attached hydrogen (secondary N) is 2. The molecule has 4 rings (SSSR count). The summed E-state index contributed by atoms with van der Waals surface area (Å²) in [6.45, 7) is 2.99. The average Bonchev–Trinajstić information content (AvgIpc) is 3.37. The Balaban J connectivity index is 1.63. The number of fused-ring (bicyclic) bond motifs is 1. The quantitative estimate of drug-likeness (QED) is 0.353. The fourth-order valence-electron chi connectivity index (χ4n) is 3.75. The standard InChI is InChI=1S/C23H20F3N3OS/c1-2-29-19-11-6-3-8-15(19)16(21(29)20-12-7-13-31-20)14-27-22(30)28-18-10-5-4-9-17(18)23(24,25)26/h3-13H,2,14H2,1H3,(H2,27,28,30). The van der Waals surface area contributed by atoms with Crippen LogP contribution in [0.5, 0.6) is 0 Å². The van der Waals surface area contributed by atoms with E-state index in [4.69, 9.17) is 0 Å². The van der Waals surface area contributed by atoms with Crippen LogP contribution in [0.25, 0.3) is 21.5 Å². The van der Waals surface area contributed by atoms with Gasteiger partial charge in [0.1, 0.15) is 0 Å². The summed E-state index contributed by atoms with van der Waals surface area (Å²) in [6, 6.07) is 16.1. The van der Waals surface area contributed by atoms with Crippen LogP contribution < -0.4 is 10.6 Å². The normalized spacial score (nSPS) is 11.6. The molecule has 2 aromatic carbocycles. The molecule has 0 aliphatic rings. The first-order valence-corrected chi connectivity index (χ1v) is 10.6. The lowest BCUT2D eigenvalue weighted by Crippen LogP contribution is -2.29. The van der Waals surface area contributed by atoms with Crippen molar-refractivity contribution in [2.45, 2.75) is 26.2 Å². The zero-order chi connectivity index (χ0) is 22.0. The lowest BCUT2D eigenvalue weighted by molar-refractivity contribution is -0.136. The zero-order valence-corrected chi connectivity index (χ0v) is 17.5. The van der Waals surface area contributed by atoms with Crippen molar-refractivity contribution < 1.29 is 18.0 Å². The summed E-state index contributed by atoms with van der Waals surface area (Å²) in [7, 11) is 0. The minimum atomic E-state index is -4.55. The van der Waals surface area contributed by atoms with E-state index in [1.807, 2.05) is 41.8 Å². The Morgan fingerprint density at radius 1 is 1.03 bits per heavy atom. The number of carbonyl (C=O) groups is 1. The molecule has 0 bridgehead atoms. The highest BCUT2D eigenvalue weighted by atomic mass is 32.1. The minimum Gasteiger partial charge on any atom is -0.340 e. The van der Waals surface area contributed by atoms with Crippen molar-refractivity contribution in [1.29, 1.82) is 0 Å². The Bertz CT molecular complexity index is 1210. The van der Waals surface area contributed by atoms with Gasteiger partial charge in [0, 0.05) is 29.6 Å². The smallest absolute Gasteiger partial charge is 0.340 e. The summed E-state index contributed by atoms with van der Waals surface area (Å²) in [5, 5.41) is 8.06. The average molecular weight is 443 g/mol. The fourth-order valence-corrected chi connectivity index (χ4v) is 4.56. The number of hydrogen-bond acceptors (Lipinski definition) is 2. The maximum atomic E-state index is 13.2. The first kappa shape index (κ1) is 21.0. The van der Waals surface area contributed by atoms with Gasteiger partial charge in [-0.05, 0) is 36.6 Å². The van der Waals surface area contributed by atoms with Crippen LogP contribution in [0, 0.1) is 0 Å². The van der Waals surface area contributed by atoms with Gasteiger partial charge in [0.25, 0.3) is 0 Å². The van der Waals surface area contributed by atoms with Gasteiger partial charge in [0.2, 0.25) is 0 Å². The van der Waals surface area contributed by atoms with E-state index >= 15 is 0 Å². The lowest BCUT2D eigenvalue weighted by atomic mass is 10.1. The number of hydrogen-bond donors (Lipinski definition) is 2. The van der Waals surface area contributed by atoms with E-state index < -0.39 is 17.8 Å². The van der Waals surface area contributed by atoms with Crippen LogP contribution in [0.1, 0.15) is 18.1 Å². The number of aromatic nitrogens is 1. The number of para-hydroxylation sites is 2. The molecule has 31 heavy (non-hydrogen) atoms. The SMILES string of the molecule is CCn1c(-c2cccs2)c(CNC(=O)Nc2ccccc2C(F)(F)F)c2ccccc21. The number of halogens is 3. The number of thiophene rings is 1. The second-order valence-electron chi connectivity index (χ2n) is 6.92. The van der Waals surface area contributed by atoms with Gasteiger partial charge in [-0.25, -0.2) is 4.79 Å². The summed E-state index contributed by atoms with van der Waals surface area (Å²) in [6.07, 6.45) is -4.55. The molecule has 0 saturated heterocycles. The molecule has 4 aromatic rings. The molecule has 2 amide bonds. The summed E-state index contributed by atoms with van der Waals surface area (Å²) < 4.78 is 41.8. The molecule has 0 aliphatic heterocycles. The van der Waals surface area contributed by atoms with Crippen molar-refractivity contribution in [3.63, 3.8) is 0 Å². The summed E-state index contributed by atoms with van der Waals surface area (Å²) >= 11 is 1.60. The van der Waals surface area contributed by atoms with Gasteiger partial charge in [-0.15, -0.1) is 11.3 Å². The molecule has 0 atom stereocenters. The number of nitrogens with zero attached hydrogens (tertiary/aromatic N) is 1. The van der Waals surface area contributed by atoms with E-state index in [0.717, 1.165) is 39.6 Å². The molecule has 0 fully saturated rings. The van der Waals surface area contributed by atoms with Crippen molar-refractivity contribution in [3.05, 3.63) is 77.2 Å². The maximum Gasteiger partial charge on any atom is 0.418 e. The number of rotatable bonds is 5. The molecule has 0 radical (unpaired) electrons. The van der Waals surface area contributed by atoms with E-state index in [0.29, 0.717) is 0 Å². The molecule has 0 spiro atoms. The highest BCUT2D eigenvalue weighted by molar-refractivity contribution is 7.13. The van der Waals surface area contributed by atoms with E-state index in [1.54, 1.807) is 11.3 Å². The van der Waals surface area contributed by atoms with Gasteiger partial charge in [-0.3, -0.25) is 0 Å². The van der Waals surface area contributed by atoms with Gasteiger partial charge in [-0.1, -0.05) is 36.4 Å². The van der Waals surface area contributed by atoms with E-state index in [9.17, 15) is 18.0 Å². The minimum absolute atomic E-state index is 0.181. The molecule has 2 N–H and O–H groups in total. The van der Waals surface area contributed by atoms with Crippen LogP contribution in [0.15, 0.2) is 66.0 Å². The van der Waals surface area contributed by atoms with Crippen molar-refractivity contribution in [3.8, 4) is 10.6 Å². The van der Waals surface area contributed by atoms with Crippen molar-refractivity contribution in [2.75, 3.05) is 5.32 Å². The highest BCUT2D eigenvalue weighted by Crippen LogP contribution is 2.37. The molecule has 8 heteroatoms. The third-order valence-corrected chi connectivity index (χ3v) is 5.93. The number of aryl methyl sites for hydroxylation is 1. The van der Waals surface area contributed by atoms with E-state index in [2.05, 4.69) is 22.1 Å². The van der Waals surface area contributed by atoms with E-state index in [-0.39, 0.29) is 12.2 Å². The third kappa shape index (κ3) is 4.16. The van der Waals surface area contributed by atoms with Crippen molar-refractivity contribution >= 4 is 34.0 Å². The monoisotopic (exact) mass is 443 g/mol. The Labute approximate surface area is 181 Å². The summed E-state index contributed by atoms with van der Waals surface area (Å²) in [5.74, 6) is 0. The fraction of sp³-hybridized carbons (Fsp3) is 0.174. The van der Waals surface area contributed by atoms with Crippen molar-refractivity contribution in [1.82, 2.24) is 9.88 Å². The number of benzene rings is 2.